The Morgan fingerprint density at radius 2 is 1.96 bits per heavy atom. The number of nitrogens with zero attached hydrogens (tertiary/aromatic N) is 4. The standard InChI is InChI=1S/C20H27N5O2/c1-16-8-10-22-25(16)11-9-19(26)24-13-12-23(15-18(24)20(27)21-2)14-17-6-4-3-5-7-17/h3-8,10,18H,9,11-15H2,1-2H3,(H,21,27). The summed E-state index contributed by atoms with van der Waals surface area (Å²) in [5, 5.41) is 6.93. The number of hydrogen-bond donors (Lipinski definition) is 1. The van der Waals surface area contributed by atoms with E-state index in [0.717, 1.165) is 18.8 Å². The summed E-state index contributed by atoms with van der Waals surface area (Å²) in [6.45, 7) is 5.14. The Kier molecular flexibility index (Phi) is 6.24. The van der Waals surface area contributed by atoms with Crippen LogP contribution in [0, 0.1) is 6.92 Å². The number of likely N-dealkylation sites (N-methyl/N-ethyl adjacent to an activating group) is 1. The SMILES string of the molecule is CNC(=O)C1CN(Cc2ccccc2)CCN1C(=O)CCn1nccc1C. The van der Waals surface area contributed by atoms with Crippen molar-refractivity contribution in [1.82, 2.24) is 24.9 Å². The van der Waals surface area contributed by atoms with Crippen LogP contribution in [0.3, 0.4) is 0 Å². The van der Waals surface area contributed by atoms with Gasteiger partial charge in [-0.15, -0.1) is 0 Å². The van der Waals surface area contributed by atoms with E-state index in [4.69, 9.17) is 0 Å². The average Bonchev–Trinajstić information content (AvgIpc) is 3.11. The van der Waals surface area contributed by atoms with Gasteiger partial charge < -0.3 is 10.2 Å². The van der Waals surface area contributed by atoms with Crippen LogP contribution in [-0.2, 0) is 22.7 Å². The molecule has 1 atom stereocenters. The highest BCUT2D eigenvalue weighted by Crippen LogP contribution is 2.15. The molecule has 27 heavy (non-hydrogen) atoms. The maximum atomic E-state index is 12.8. The minimum Gasteiger partial charge on any atom is -0.357 e. The number of carbonyl (C=O) groups excluding carboxylic acids is 2. The fraction of sp³-hybridized carbons (Fsp3) is 0.450. The zero-order chi connectivity index (χ0) is 19.2. The molecule has 0 radical (unpaired) electrons. The van der Waals surface area contributed by atoms with E-state index >= 15 is 0 Å². The lowest BCUT2D eigenvalue weighted by Crippen LogP contribution is -2.60. The van der Waals surface area contributed by atoms with Crippen molar-refractivity contribution >= 4 is 11.8 Å². The molecule has 2 amide bonds. The summed E-state index contributed by atoms with van der Waals surface area (Å²) in [7, 11) is 1.62. The third kappa shape index (κ3) is 4.74. The molecular weight excluding hydrogens is 342 g/mol. The predicted molar refractivity (Wildman–Crippen MR) is 103 cm³/mol. The second-order valence-electron chi connectivity index (χ2n) is 6.88. The van der Waals surface area contributed by atoms with Crippen LogP contribution < -0.4 is 5.32 Å². The van der Waals surface area contributed by atoms with Crippen LogP contribution in [0.4, 0.5) is 0 Å². The molecule has 1 aromatic heterocycles. The molecule has 0 aliphatic carbocycles. The molecule has 0 bridgehead atoms. The number of hydrogen-bond acceptors (Lipinski definition) is 4. The van der Waals surface area contributed by atoms with E-state index in [9.17, 15) is 9.59 Å². The lowest BCUT2D eigenvalue weighted by Gasteiger charge is -2.40. The third-order valence-corrected chi connectivity index (χ3v) is 5.05. The van der Waals surface area contributed by atoms with Crippen molar-refractivity contribution in [3.8, 4) is 0 Å². The van der Waals surface area contributed by atoms with Gasteiger partial charge in [0.05, 0.1) is 0 Å². The number of aromatic nitrogens is 2. The Balaban J connectivity index is 1.63. The van der Waals surface area contributed by atoms with Crippen LogP contribution in [0.25, 0.3) is 0 Å². The second-order valence-corrected chi connectivity index (χ2v) is 6.88. The van der Waals surface area contributed by atoms with E-state index in [1.54, 1.807) is 18.1 Å². The number of amides is 2. The van der Waals surface area contributed by atoms with E-state index in [1.165, 1.54) is 5.56 Å². The molecule has 1 aliphatic rings. The highest BCUT2D eigenvalue weighted by molar-refractivity contribution is 5.88. The first-order valence-corrected chi connectivity index (χ1v) is 9.34. The van der Waals surface area contributed by atoms with Crippen LogP contribution in [0.15, 0.2) is 42.6 Å². The maximum Gasteiger partial charge on any atom is 0.243 e. The average molecular weight is 369 g/mol. The minimum atomic E-state index is -0.460. The molecule has 1 unspecified atom stereocenters. The lowest BCUT2D eigenvalue weighted by molar-refractivity contribution is -0.144. The van der Waals surface area contributed by atoms with Crippen LogP contribution in [0.1, 0.15) is 17.7 Å². The summed E-state index contributed by atoms with van der Waals surface area (Å²) >= 11 is 0. The molecule has 144 valence electrons. The Morgan fingerprint density at radius 1 is 1.19 bits per heavy atom. The number of piperazine rings is 1. The Hall–Kier alpha value is -2.67. The van der Waals surface area contributed by atoms with Gasteiger partial charge in [-0.2, -0.15) is 5.10 Å². The van der Waals surface area contributed by atoms with Gasteiger partial charge in [0.2, 0.25) is 11.8 Å². The van der Waals surface area contributed by atoms with Gasteiger partial charge in [0.25, 0.3) is 0 Å². The number of aryl methyl sites for hydroxylation is 2. The topological polar surface area (TPSA) is 70.5 Å². The van der Waals surface area contributed by atoms with Gasteiger partial charge in [-0.3, -0.25) is 19.2 Å². The summed E-state index contributed by atoms with van der Waals surface area (Å²) in [6, 6.07) is 11.6. The van der Waals surface area contributed by atoms with Crippen LogP contribution >= 0.6 is 0 Å². The molecule has 7 nitrogen and oxygen atoms in total. The van der Waals surface area contributed by atoms with Gasteiger partial charge in [0.15, 0.2) is 0 Å². The van der Waals surface area contributed by atoms with Gasteiger partial charge in [-0.1, -0.05) is 30.3 Å². The third-order valence-electron chi connectivity index (χ3n) is 5.05. The van der Waals surface area contributed by atoms with Crippen molar-refractivity contribution in [3.63, 3.8) is 0 Å². The first-order chi connectivity index (χ1) is 13.1. The summed E-state index contributed by atoms with van der Waals surface area (Å²) in [6.07, 6.45) is 2.07. The summed E-state index contributed by atoms with van der Waals surface area (Å²) in [5.74, 6) is -0.116. The molecule has 0 spiro atoms. The van der Waals surface area contributed by atoms with E-state index in [-0.39, 0.29) is 11.8 Å². The molecule has 2 aromatic rings. The quantitative estimate of drug-likeness (QED) is 0.826. The Labute approximate surface area is 159 Å². The van der Waals surface area contributed by atoms with E-state index in [0.29, 0.717) is 26.1 Å². The van der Waals surface area contributed by atoms with Crippen molar-refractivity contribution in [2.45, 2.75) is 32.5 Å². The van der Waals surface area contributed by atoms with Gasteiger partial charge in [-0.05, 0) is 18.6 Å². The van der Waals surface area contributed by atoms with Crippen molar-refractivity contribution in [2.24, 2.45) is 0 Å². The lowest BCUT2D eigenvalue weighted by atomic mass is 10.1. The molecule has 0 saturated carbocycles. The normalized spacial score (nSPS) is 17.7. The maximum absolute atomic E-state index is 12.8. The summed E-state index contributed by atoms with van der Waals surface area (Å²) < 4.78 is 1.82. The largest absolute Gasteiger partial charge is 0.357 e. The molecule has 1 aliphatic heterocycles. The Morgan fingerprint density at radius 3 is 2.63 bits per heavy atom. The zero-order valence-electron chi connectivity index (χ0n) is 16.0. The monoisotopic (exact) mass is 369 g/mol. The molecule has 1 fully saturated rings. The fourth-order valence-corrected chi connectivity index (χ4v) is 3.49. The first kappa shape index (κ1) is 19.1. The number of benzene rings is 1. The van der Waals surface area contributed by atoms with Gasteiger partial charge in [0.1, 0.15) is 6.04 Å². The number of rotatable bonds is 6. The minimum absolute atomic E-state index is 0.00198. The van der Waals surface area contributed by atoms with E-state index in [2.05, 4.69) is 27.4 Å². The molecule has 1 N–H and O–H groups in total. The molecule has 1 aromatic carbocycles. The van der Waals surface area contributed by atoms with Crippen molar-refractivity contribution in [2.75, 3.05) is 26.7 Å². The highest BCUT2D eigenvalue weighted by Gasteiger charge is 2.34. The molecule has 2 heterocycles. The summed E-state index contributed by atoms with van der Waals surface area (Å²) in [4.78, 5) is 29.2. The number of carbonyl (C=O) groups is 2. The van der Waals surface area contributed by atoms with Crippen LogP contribution in [-0.4, -0.2) is 64.1 Å². The van der Waals surface area contributed by atoms with Crippen molar-refractivity contribution in [1.29, 1.82) is 0 Å². The Bertz CT molecular complexity index is 774. The smallest absolute Gasteiger partial charge is 0.243 e. The van der Waals surface area contributed by atoms with Gasteiger partial charge in [0, 0.05) is 58.1 Å². The van der Waals surface area contributed by atoms with Crippen molar-refractivity contribution in [3.05, 3.63) is 53.9 Å². The highest BCUT2D eigenvalue weighted by atomic mass is 16.2. The second kappa shape index (κ2) is 8.81. The van der Waals surface area contributed by atoms with Crippen LogP contribution in [0.5, 0.6) is 0 Å². The van der Waals surface area contributed by atoms with Crippen LogP contribution in [0.2, 0.25) is 0 Å². The predicted octanol–water partition coefficient (Wildman–Crippen LogP) is 1.04. The van der Waals surface area contributed by atoms with Gasteiger partial charge in [-0.25, -0.2) is 0 Å². The number of nitrogens with one attached hydrogen (secondary N) is 1. The van der Waals surface area contributed by atoms with E-state index < -0.39 is 6.04 Å². The van der Waals surface area contributed by atoms with Crippen molar-refractivity contribution < 1.29 is 9.59 Å². The fourth-order valence-electron chi connectivity index (χ4n) is 3.49. The van der Waals surface area contributed by atoms with E-state index in [1.807, 2.05) is 35.9 Å². The van der Waals surface area contributed by atoms with Gasteiger partial charge >= 0.3 is 0 Å². The first-order valence-electron chi connectivity index (χ1n) is 9.34. The molecule has 3 rings (SSSR count). The summed E-state index contributed by atoms with van der Waals surface area (Å²) in [5.41, 5.74) is 2.24. The molecule has 7 heteroatoms. The molecular formula is C20H27N5O2. The molecule has 1 saturated heterocycles. The zero-order valence-corrected chi connectivity index (χ0v) is 16.0.